The Balaban J connectivity index is 2.45. The van der Waals surface area contributed by atoms with E-state index in [9.17, 15) is 0 Å². The van der Waals surface area contributed by atoms with Gasteiger partial charge in [0.15, 0.2) is 0 Å². The van der Waals surface area contributed by atoms with Gasteiger partial charge < -0.3 is 5.73 Å². The van der Waals surface area contributed by atoms with Crippen molar-refractivity contribution in [3.05, 3.63) is 0 Å². The first kappa shape index (κ1) is 17.9. The van der Waals surface area contributed by atoms with Crippen molar-refractivity contribution in [2.45, 2.75) is 77.3 Å². The third-order valence-electron chi connectivity index (χ3n) is 5.32. The lowest BCUT2D eigenvalue weighted by atomic mass is 9.92. The quantitative estimate of drug-likeness (QED) is 0.625. The molecule has 20 heavy (non-hydrogen) atoms. The standard InChI is InChI=1S/C17H37N3/c1-5-7-8-9-12-17(3,15-18)19(4)14-16-11-10-13-20(16)6-2/h16H,5-15,18H2,1-4H3. The minimum atomic E-state index is 0.176. The lowest BCUT2D eigenvalue weighted by molar-refractivity contribution is 0.0944. The Labute approximate surface area is 126 Å². The van der Waals surface area contributed by atoms with E-state index in [1.807, 2.05) is 0 Å². The zero-order chi connectivity index (χ0) is 15.0. The Kier molecular flexibility index (Phi) is 8.08. The first-order valence-corrected chi connectivity index (χ1v) is 8.72. The van der Waals surface area contributed by atoms with Crippen molar-refractivity contribution in [2.24, 2.45) is 5.73 Å². The van der Waals surface area contributed by atoms with Crippen LogP contribution >= 0.6 is 0 Å². The fraction of sp³-hybridized carbons (Fsp3) is 1.00. The summed E-state index contributed by atoms with van der Waals surface area (Å²) in [7, 11) is 2.28. The van der Waals surface area contributed by atoms with Crippen LogP contribution in [0.1, 0.15) is 65.7 Å². The molecule has 2 atom stereocenters. The highest BCUT2D eigenvalue weighted by Crippen LogP contribution is 2.24. The van der Waals surface area contributed by atoms with Gasteiger partial charge in [-0.2, -0.15) is 0 Å². The van der Waals surface area contributed by atoms with Crippen LogP contribution in [0.25, 0.3) is 0 Å². The van der Waals surface area contributed by atoms with Crippen LogP contribution in [0, 0.1) is 0 Å². The van der Waals surface area contributed by atoms with Gasteiger partial charge in [-0.1, -0.05) is 39.5 Å². The fourth-order valence-corrected chi connectivity index (χ4v) is 3.44. The molecule has 0 radical (unpaired) electrons. The summed E-state index contributed by atoms with van der Waals surface area (Å²) in [6.07, 6.45) is 9.29. The van der Waals surface area contributed by atoms with Gasteiger partial charge in [-0.15, -0.1) is 0 Å². The van der Waals surface area contributed by atoms with Crippen molar-refractivity contribution in [2.75, 3.05) is 33.2 Å². The Morgan fingerprint density at radius 3 is 2.60 bits per heavy atom. The molecule has 3 heteroatoms. The molecule has 3 nitrogen and oxygen atoms in total. The fourth-order valence-electron chi connectivity index (χ4n) is 3.44. The van der Waals surface area contributed by atoms with Crippen LogP contribution < -0.4 is 5.73 Å². The van der Waals surface area contributed by atoms with Crippen LogP contribution in [0.5, 0.6) is 0 Å². The van der Waals surface area contributed by atoms with E-state index >= 15 is 0 Å². The summed E-state index contributed by atoms with van der Waals surface area (Å²) in [6, 6.07) is 0.742. The topological polar surface area (TPSA) is 32.5 Å². The van der Waals surface area contributed by atoms with Gasteiger partial charge in [0.1, 0.15) is 0 Å². The third-order valence-corrected chi connectivity index (χ3v) is 5.32. The van der Waals surface area contributed by atoms with Crippen molar-refractivity contribution in [3.8, 4) is 0 Å². The van der Waals surface area contributed by atoms with Crippen molar-refractivity contribution in [1.29, 1.82) is 0 Å². The minimum Gasteiger partial charge on any atom is -0.329 e. The van der Waals surface area contributed by atoms with Gasteiger partial charge in [-0.25, -0.2) is 0 Å². The second-order valence-corrected chi connectivity index (χ2v) is 6.82. The first-order chi connectivity index (χ1) is 9.57. The maximum Gasteiger partial charge on any atom is 0.0301 e. The number of likely N-dealkylation sites (N-methyl/N-ethyl adjacent to an activating group) is 2. The molecule has 1 saturated heterocycles. The van der Waals surface area contributed by atoms with Gasteiger partial charge in [0.2, 0.25) is 0 Å². The second-order valence-electron chi connectivity index (χ2n) is 6.82. The van der Waals surface area contributed by atoms with Gasteiger partial charge >= 0.3 is 0 Å². The van der Waals surface area contributed by atoms with E-state index in [1.54, 1.807) is 0 Å². The highest BCUT2D eigenvalue weighted by Gasteiger charge is 2.31. The molecule has 0 amide bonds. The highest BCUT2D eigenvalue weighted by atomic mass is 15.3. The van der Waals surface area contributed by atoms with Gasteiger partial charge in [0, 0.05) is 24.7 Å². The van der Waals surface area contributed by atoms with E-state index in [0.717, 1.165) is 12.6 Å². The number of nitrogens with zero attached hydrogens (tertiary/aromatic N) is 2. The van der Waals surface area contributed by atoms with Crippen LogP contribution in [-0.4, -0.2) is 54.6 Å². The van der Waals surface area contributed by atoms with Gasteiger partial charge in [-0.3, -0.25) is 9.80 Å². The lowest BCUT2D eigenvalue weighted by Crippen LogP contribution is -2.53. The van der Waals surface area contributed by atoms with Crippen LogP contribution in [0.3, 0.4) is 0 Å². The van der Waals surface area contributed by atoms with Crippen LogP contribution in [-0.2, 0) is 0 Å². The van der Waals surface area contributed by atoms with E-state index in [1.165, 1.54) is 64.6 Å². The van der Waals surface area contributed by atoms with Crippen molar-refractivity contribution < 1.29 is 0 Å². The highest BCUT2D eigenvalue weighted by molar-refractivity contribution is 4.89. The molecule has 0 spiro atoms. The molecule has 0 aromatic heterocycles. The molecule has 1 heterocycles. The second kappa shape index (κ2) is 9.01. The average Bonchev–Trinajstić information content (AvgIpc) is 2.90. The summed E-state index contributed by atoms with van der Waals surface area (Å²) in [5, 5.41) is 0. The SMILES string of the molecule is CCCCCCC(C)(CN)N(C)CC1CCCN1CC. The molecule has 2 N–H and O–H groups in total. The number of nitrogens with two attached hydrogens (primary N) is 1. The van der Waals surface area contributed by atoms with Crippen LogP contribution in [0.4, 0.5) is 0 Å². The molecule has 0 bridgehead atoms. The van der Waals surface area contributed by atoms with E-state index < -0.39 is 0 Å². The summed E-state index contributed by atoms with van der Waals surface area (Å²) >= 11 is 0. The van der Waals surface area contributed by atoms with E-state index in [-0.39, 0.29) is 5.54 Å². The van der Waals surface area contributed by atoms with Crippen LogP contribution in [0.15, 0.2) is 0 Å². The van der Waals surface area contributed by atoms with Crippen LogP contribution in [0.2, 0.25) is 0 Å². The molecule has 1 aliphatic rings. The number of rotatable bonds is 10. The normalized spacial score (nSPS) is 23.4. The summed E-state index contributed by atoms with van der Waals surface area (Å²) < 4.78 is 0. The molecule has 1 rings (SSSR count). The number of likely N-dealkylation sites (tertiary alicyclic amines) is 1. The molecule has 0 aromatic carbocycles. The zero-order valence-corrected chi connectivity index (χ0v) is 14.3. The third kappa shape index (κ3) is 5.01. The predicted octanol–water partition coefficient (Wildman–Crippen LogP) is 3.09. The Bertz CT molecular complexity index is 257. The van der Waals surface area contributed by atoms with E-state index in [0.29, 0.717) is 0 Å². The van der Waals surface area contributed by atoms with Crippen molar-refractivity contribution in [3.63, 3.8) is 0 Å². The summed E-state index contributed by atoms with van der Waals surface area (Å²) in [5.74, 6) is 0. The smallest absolute Gasteiger partial charge is 0.0301 e. The first-order valence-electron chi connectivity index (χ1n) is 8.72. The van der Waals surface area contributed by atoms with E-state index in [4.69, 9.17) is 5.73 Å². The van der Waals surface area contributed by atoms with Gasteiger partial charge in [-0.05, 0) is 46.3 Å². The summed E-state index contributed by atoms with van der Waals surface area (Å²) in [5.41, 5.74) is 6.29. The Morgan fingerprint density at radius 2 is 2.00 bits per heavy atom. The molecular formula is C17H37N3. The van der Waals surface area contributed by atoms with Gasteiger partial charge in [0.05, 0.1) is 0 Å². The van der Waals surface area contributed by atoms with E-state index in [2.05, 4.69) is 37.6 Å². The number of unbranched alkanes of at least 4 members (excludes halogenated alkanes) is 3. The average molecular weight is 284 g/mol. The Hall–Kier alpha value is -0.120. The predicted molar refractivity (Wildman–Crippen MR) is 89.1 cm³/mol. The molecule has 0 aliphatic carbocycles. The largest absolute Gasteiger partial charge is 0.329 e. The summed E-state index contributed by atoms with van der Waals surface area (Å²) in [4.78, 5) is 5.17. The monoisotopic (exact) mass is 283 g/mol. The molecular weight excluding hydrogens is 246 g/mol. The molecule has 1 aliphatic heterocycles. The molecule has 2 unspecified atom stereocenters. The summed E-state index contributed by atoms with van der Waals surface area (Å²) in [6.45, 7) is 11.3. The minimum absolute atomic E-state index is 0.176. The molecule has 120 valence electrons. The number of hydrogen-bond acceptors (Lipinski definition) is 3. The maximum absolute atomic E-state index is 6.11. The maximum atomic E-state index is 6.11. The van der Waals surface area contributed by atoms with Crippen molar-refractivity contribution >= 4 is 0 Å². The molecule has 0 saturated carbocycles. The zero-order valence-electron chi connectivity index (χ0n) is 14.3. The lowest BCUT2D eigenvalue weighted by Gasteiger charge is -2.41. The van der Waals surface area contributed by atoms with Crippen molar-refractivity contribution in [1.82, 2.24) is 9.80 Å². The Morgan fingerprint density at radius 1 is 1.25 bits per heavy atom. The number of hydrogen-bond donors (Lipinski definition) is 1. The molecule has 0 aromatic rings. The van der Waals surface area contributed by atoms with Gasteiger partial charge in [0.25, 0.3) is 0 Å². The molecule has 1 fully saturated rings.